The molecule has 0 bridgehead atoms. The number of hydrogen-bond donors (Lipinski definition) is 1. The first-order chi connectivity index (χ1) is 11.9. The second kappa shape index (κ2) is 8.56. The topological polar surface area (TPSA) is 64.6 Å². The average molecular weight is 384 g/mol. The smallest absolute Gasteiger partial charge is 0.240 e. The van der Waals surface area contributed by atoms with Crippen molar-refractivity contribution in [2.24, 2.45) is 0 Å². The molecule has 7 heteroatoms. The van der Waals surface area contributed by atoms with E-state index < -0.39 is 10.0 Å². The van der Waals surface area contributed by atoms with Gasteiger partial charge in [-0.1, -0.05) is 24.6 Å². The Bertz CT molecular complexity index is 837. The minimum absolute atomic E-state index is 0.154. The third kappa shape index (κ3) is 5.11. The Morgan fingerprint density at radius 2 is 1.92 bits per heavy atom. The molecule has 0 heterocycles. The van der Waals surface area contributed by atoms with E-state index in [9.17, 15) is 8.42 Å². The summed E-state index contributed by atoms with van der Waals surface area (Å²) >= 11 is 6.03. The van der Waals surface area contributed by atoms with Gasteiger partial charge in [-0.15, -0.1) is 0 Å². The van der Waals surface area contributed by atoms with Gasteiger partial charge in [-0.25, -0.2) is 13.1 Å². The van der Waals surface area contributed by atoms with Crippen LogP contribution in [0.4, 0.5) is 0 Å². The second-order valence-corrected chi connectivity index (χ2v) is 7.66. The SMILES string of the molecule is CCc1cc(S(=O)(=O)NCCOc2ccc(C)c(Cl)c2)ccc1OC. The summed E-state index contributed by atoms with van der Waals surface area (Å²) < 4.78 is 38.0. The van der Waals surface area contributed by atoms with Crippen LogP contribution in [0.25, 0.3) is 0 Å². The van der Waals surface area contributed by atoms with E-state index in [-0.39, 0.29) is 18.0 Å². The molecule has 0 saturated heterocycles. The number of benzene rings is 2. The number of rotatable bonds is 8. The van der Waals surface area contributed by atoms with Crippen molar-refractivity contribution in [3.05, 3.63) is 52.5 Å². The molecule has 5 nitrogen and oxygen atoms in total. The highest BCUT2D eigenvalue weighted by atomic mass is 35.5. The van der Waals surface area contributed by atoms with E-state index in [1.165, 1.54) is 6.07 Å². The van der Waals surface area contributed by atoms with Gasteiger partial charge >= 0.3 is 0 Å². The first kappa shape index (κ1) is 19.6. The fraction of sp³-hybridized carbons (Fsp3) is 0.333. The molecule has 25 heavy (non-hydrogen) atoms. The molecule has 2 rings (SSSR count). The van der Waals surface area contributed by atoms with Gasteiger partial charge in [0.15, 0.2) is 0 Å². The minimum Gasteiger partial charge on any atom is -0.496 e. The van der Waals surface area contributed by atoms with E-state index in [1.54, 1.807) is 31.4 Å². The van der Waals surface area contributed by atoms with E-state index in [1.807, 2.05) is 19.9 Å². The van der Waals surface area contributed by atoms with E-state index in [0.29, 0.717) is 22.9 Å². The van der Waals surface area contributed by atoms with Crippen LogP contribution < -0.4 is 14.2 Å². The summed E-state index contributed by atoms with van der Waals surface area (Å²) in [7, 11) is -2.03. The lowest BCUT2D eigenvalue weighted by molar-refractivity contribution is 0.323. The van der Waals surface area contributed by atoms with Gasteiger partial charge in [0, 0.05) is 11.6 Å². The maximum atomic E-state index is 12.4. The summed E-state index contributed by atoms with van der Waals surface area (Å²) in [6, 6.07) is 10.2. The van der Waals surface area contributed by atoms with Gasteiger partial charge in [0.05, 0.1) is 12.0 Å². The zero-order chi connectivity index (χ0) is 18.4. The monoisotopic (exact) mass is 383 g/mol. The van der Waals surface area contributed by atoms with E-state index >= 15 is 0 Å². The van der Waals surface area contributed by atoms with Crippen LogP contribution in [0.15, 0.2) is 41.3 Å². The number of sulfonamides is 1. The van der Waals surface area contributed by atoms with E-state index in [2.05, 4.69) is 4.72 Å². The van der Waals surface area contributed by atoms with Crippen LogP contribution in [0.3, 0.4) is 0 Å². The van der Waals surface area contributed by atoms with Crippen LogP contribution in [0.1, 0.15) is 18.1 Å². The fourth-order valence-electron chi connectivity index (χ4n) is 2.29. The molecule has 0 aromatic heterocycles. The number of aryl methyl sites for hydroxylation is 2. The van der Waals surface area contributed by atoms with Gasteiger partial charge in [0.1, 0.15) is 18.1 Å². The van der Waals surface area contributed by atoms with Gasteiger partial charge in [-0.05, 0) is 54.8 Å². The van der Waals surface area contributed by atoms with Crippen molar-refractivity contribution in [3.8, 4) is 11.5 Å². The quantitative estimate of drug-likeness (QED) is 0.707. The molecule has 0 saturated carbocycles. The minimum atomic E-state index is -3.60. The van der Waals surface area contributed by atoms with Crippen molar-refractivity contribution in [1.82, 2.24) is 4.72 Å². The Morgan fingerprint density at radius 3 is 2.56 bits per heavy atom. The lowest BCUT2D eigenvalue weighted by atomic mass is 10.1. The second-order valence-electron chi connectivity index (χ2n) is 5.48. The largest absolute Gasteiger partial charge is 0.496 e. The van der Waals surface area contributed by atoms with Crippen molar-refractivity contribution < 1.29 is 17.9 Å². The van der Waals surface area contributed by atoms with Crippen LogP contribution in [-0.4, -0.2) is 28.7 Å². The molecule has 0 amide bonds. The standard InChI is InChI=1S/C18H22ClNO4S/c1-4-14-11-16(7-8-18(14)23-3)25(21,22)20-9-10-24-15-6-5-13(2)17(19)12-15/h5-8,11-12,20H,4,9-10H2,1-3H3. The molecule has 2 aromatic carbocycles. The summed E-state index contributed by atoms with van der Waals surface area (Å²) in [5.74, 6) is 1.29. The van der Waals surface area contributed by atoms with Crippen LogP contribution in [-0.2, 0) is 16.4 Å². The number of hydrogen-bond acceptors (Lipinski definition) is 4. The van der Waals surface area contributed by atoms with Crippen molar-refractivity contribution in [3.63, 3.8) is 0 Å². The summed E-state index contributed by atoms with van der Waals surface area (Å²) in [5, 5.41) is 0.614. The first-order valence-electron chi connectivity index (χ1n) is 7.93. The highest BCUT2D eigenvalue weighted by Gasteiger charge is 2.15. The van der Waals surface area contributed by atoms with Crippen LogP contribution >= 0.6 is 11.6 Å². The van der Waals surface area contributed by atoms with Crippen molar-refractivity contribution in [1.29, 1.82) is 0 Å². The maximum Gasteiger partial charge on any atom is 0.240 e. The first-order valence-corrected chi connectivity index (χ1v) is 9.79. The summed E-state index contributed by atoms with van der Waals surface area (Å²) in [6.07, 6.45) is 0.684. The van der Waals surface area contributed by atoms with Gasteiger partial charge < -0.3 is 9.47 Å². The lowest BCUT2D eigenvalue weighted by Crippen LogP contribution is -2.28. The van der Waals surface area contributed by atoms with Crippen LogP contribution in [0.5, 0.6) is 11.5 Å². The van der Waals surface area contributed by atoms with Gasteiger partial charge in [0.2, 0.25) is 10.0 Å². The molecule has 2 aromatic rings. The molecular weight excluding hydrogens is 362 g/mol. The Hall–Kier alpha value is -1.76. The molecule has 0 aliphatic rings. The van der Waals surface area contributed by atoms with E-state index in [4.69, 9.17) is 21.1 Å². The van der Waals surface area contributed by atoms with Crippen LogP contribution in [0, 0.1) is 6.92 Å². The highest BCUT2D eigenvalue weighted by Crippen LogP contribution is 2.23. The third-order valence-corrected chi connectivity index (χ3v) is 5.62. The molecule has 1 N–H and O–H groups in total. The Labute approximate surface area is 154 Å². The molecular formula is C18H22ClNO4S. The summed E-state index contributed by atoms with van der Waals surface area (Å²) in [4.78, 5) is 0.212. The maximum absolute atomic E-state index is 12.4. The molecule has 0 aliphatic carbocycles. The number of nitrogens with one attached hydrogen (secondary N) is 1. The number of ether oxygens (including phenoxy) is 2. The van der Waals surface area contributed by atoms with Crippen LogP contribution in [0.2, 0.25) is 5.02 Å². The molecule has 0 aliphatic heterocycles. The zero-order valence-corrected chi connectivity index (χ0v) is 16.1. The van der Waals surface area contributed by atoms with Gasteiger partial charge in [-0.3, -0.25) is 0 Å². The van der Waals surface area contributed by atoms with Crippen molar-refractivity contribution in [2.75, 3.05) is 20.3 Å². The third-order valence-electron chi connectivity index (χ3n) is 3.75. The average Bonchev–Trinajstić information content (AvgIpc) is 2.61. The molecule has 0 unspecified atom stereocenters. The van der Waals surface area contributed by atoms with Gasteiger partial charge in [-0.2, -0.15) is 0 Å². The Morgan fingerprint density at radius 1 is 1.16 bits per heavy atom. The highest BCUT2D eigenvalue weighted by molar-refractivity contribution is 7.89. The summed E-state index contributed by atoms with van der Waals surface area (Å²) in [6.45, 7) is 4.21. The summed E-state index contributed by atoms with van der Waals surface area (Å²) in [5.41, 5.74) is 1.80. The predicted octanol–water partition coefficient (Wildman–Crippen LogP) is 3.58. The molecule has 0 fully saturated rings. The number of halogens is 1. The van der Waals surface area contributed by atoms with E-state index in [0.717, 1.165) is 11.1 Å². The molecule has 0 atom stereocenters. The lowest BCUT2D eigenvalue weighted by Gasteiger charge is -2.12. The van der Waals surface area contributed by atoms with Gasteiger partial charge in [0.25, 0.3) is 0 Å². The Balaban J connectivity index is 1.96. The fourth-order valence-corrected chi connectivity index (χ4v) is 3.52. The predicted molar refractivity (Wildman–Crippen MR) is 99.2 cm³/mol. The zero-order valence-electron chi connectivity index (χ0n) is 14.5. The molecule has 0 radical (unpaired) electrons. The van der Waals surface area contributed by atoms with Crippen molar-refractivity contribution >= 4 is 21.6 Å². The normalized spacial score (nSPS) is 11.4. The molecule has 136 valence electrons. The molecule has 0 spiro atoms. The number of methoxy groups -OCH3 is 1. The Kier molecular flexibility index (Phi) is 6.70. The van der Waals surface area contributed by atoms with Crippen molar-refractivity contribution in [2.45, 2.75) is 25.2 Å².